The van der Waals surface area contributed by atoms with E-state index in [0.717, 1.165) is 19.5 Å². The average molecular weight is 129 g/mol. The van der Waals surface area contributed by atoms with Gasteiger partial charge in [0, 0.05) is 13.1 Å². The smallest absolute Gasteiger partial charge is 0.209 e. The molecule has 0 unspecified atom stereocenters. The molecule has 1 amide bonds. The molecule has 2 nitrogen and oxygen atoms in total. The van der Waals surface area contributed by atoms with Gasteiger partial charge in [0.15, 0.2) is 0 Å². The first kappa shape index (κ1) is 8.47. The lowest BCUT2D eigenvalue weighted by Crippen LogP contribution is -2.15. The second kappa shape index (κ2) is 5.60. The number of amides is 1. The van der Waals surface area contributed by atoms with Gasteiger partial charge in [-0.2, -0.15) is 0 Å². The van der Waals surface area contributed by atoms with Crippen LogP contribution in [-0.2, 0) is 4.79 Å². The fourth-order valence-electron chi connectivity index (χ4n) is 0.847. The van der Waals surface area contributed by atoms with Crippen LogP contribution in [0, 0.1) is 0 Å². The van der Waals surface area contributed by atoms with E-state index in [0.29, 0.717) is 0 Å². The second-order valence-electron chi connectivity index (χ2n) is 1.85. The van der Waals surface area contributed by atoms with Crippen LogP contribution in [0.4, 0.5) is 0 Å². The monoisotopic (exact) mass is 129 g/mol. The Bertz CT molecular complexity index is 67.3. The lowest BCUT2D eigenvalue weighted by atomic mass is 10.4. The largest absolute Gasteiger partial charge is 0.345 e. The predicted octanol–water partition coefficient (Wildman–Crippen LogP) is 1.26. The Morgan fingerprint density at radius 1 is 1.22 bits per heavy atom. The lowest BCUT2D eigenvalue weighted by Gasteiger charge is -2.03. The molecule has 0 aromatic rings. The van der Waals surface area contributed by atoms with Crippen LogP contribution in [0.1, 0.15) is 26.7 Å². The summed E-state index contributed by atoms with van der Waals surface area (Å²) in [7, 11) is 0. The number of carbonyl (C=O) groups excluding carboxylic acids is 1. The Balaban J connectivity index is 0.000000291. The standard InChI is InChI=1S/C5H9NO.C2H6/c7-5-6-3-1-2-4-6;1-2/h5H,1-4H2;1-2H3. The van der Waals surface area contributed by atoms with Crippen molar-refractivity contribution < 1.29 is 4.79 Å². The highest BCUT2D eigenvalue weighted by molar-refractivity contribution is 5.47. The summed E-state index contributed by atoms with van der Waals surface area (Å²) in [4.78, 5) is 11.7. The molecule has 0 aliphatic carbocycles. The third kappa shape index (κ3) is 3.12. The first-order valence-corrected chi connectivity index (χ1v) is 3.63. The van der Waals surface area contributed by atoms with Crippen LogP contribution in [-0.4, -0.2) is 24.4 Å². The van der Waals surface area contributed by atoms with Gasteiger partial charge in [0.25, 0.3) is 0 Å². The summed E-state index contributed by atoms with van der Waals surface area (Å²) < 4.78 is 0. The maximum Gasteiger partial charge on any atom is 0.209 e. The zero-order valence-corrected chi connectivity index (χ0v) is 6.26. The van der Waals surface area contributed by atoms with E-state index < -0.39 is 0 Å². The highest BCUT2D eigenvalue weighted by Gasteiger charge is 2.06. The van der Waals surface area contributed by atoms with E-state index in [4.69, 9.17) is 0 Å². The molecule has 1 aliphatic heterocycles. The predicted molar refractivity (Wildman–Crippen MR) is 38.2 cm³/mol. The van der Waals surface area contributed by atoms with Gasteiger partial charge < -0.3 is 4.90 Å². The van der Waals surface area contributed by atoms with Gasteiger partial charge in [0.1, 0.15) is 0 Å². The average Bonchev–Trinajstić information content (AvgIpc) is 2.43. The summed E-state index contributed by atoms with van der Waals surface area (Å²) in [5, 5.41) is 0. The fourth-order valence-corrected chi connectivity index (χ4v) is 0.847. The molecule has 0 spiro atoms. The molecule has 0 bridgehead atoms. The molecular formula is C7H15NO. The summed E-state index contributed by atoms with van der Waals surface area (Å²) in [5.41, 5.74) is 0. The van der Waals surface area contributed by atoms with E-state index in [1.165, 1.54) is 12.8 Å². The number of hydrogen-bond donors (Lipinski definition) is 0. The second-order valence-corrected chi connectivity index (χ2v) is 1.85. The quantitative estimate of drug-likeness (QED) is 0.488. The van der Waals surface area contributed by atoms with Crippen molar-refractivity contribution in [3.8, 4) is 0 Å². The molecular weight excluding hydrogens is 114 g/mol. The molecule has 1 saturated heterocycles. The van der Waals surface area contributed by atoms with E-state index >= 15 is 0 Å². The van der Waals surface area contributed by atoms with Gasteiger partial charge in [-0.3, -0.25) is 4.79 Å². The van der Waals surface area contributed by atoms with Crippen molar-refractivity contribution in [1.29, 1.82) is 0 Å². The van der Waals surface area contributed by atoms with Gasteiger partial charge in [-0.25, -0.2) is 0 Å². The van der Waals surface area contributed by atoms with Gasteiger partial charge >= 0.3 is 0 Å². The van der Waals surface area contributed by atoms with E-state index in [9.17, 15) is 4.79 Å². The van der Waals surface area contributed by atoms with Gasteiger partial charge in [-0.15, -0.1) is 0 Å². The van der Waals surface area contributed by atoms with Gasteiger partial charge in [0.2, 0.25) is 6.41 Å². The van der Waals surface area contributed by atoms with Crippen molar-refractivity contribution in [3.63, 3.8) is 0 Å². The van der Waals surface area contributed by atoms with Crippen LogP contribution in [0.3, 0.4) is 0 Å². The zero-order chi connectivity index (χ0) is 7.11. The van der Waals surface area contributed by atoms with Crippen molar-refractivity contribution in [1.82, 2.24) is 4.90 Å². The minimum atomic E-state index is 0.924. The number of carbonyl (C=O) groups is 1. The van der Waals surface area contributed by atoms with Crippen molar-refractivity contribution in [2.75, 3.05) is 13.1 Å². The van der Waals surface area contributed by atoms with Crippen molar-refractivity contribution >= 4 is 6.41 Å². The Morgan fingerprint density at radius 2 is 1.67 bits per heavy atom. The minimum Gasteiger partial charge on any atom is -0.345 e. The molecule has 0 atom stereocenters. The van der Waals surface area contributed by atoms with Crippen molar-refractivity contribution in [2.24, 2.45) is 0 Å². The zero-order valence-electron chi connectivity index (χ0n) is 6.26. The number of hydrogen-bond acceptors (Lipinski definition) is 1. The summed E-state index contributed by atoms with van der Waals surface area (Å²) in [6, 6.07) is 0. The number of nitrogens with zero attached hydrogens (tertiary/aromatic N) is 1. The van der Waals surface area contributed by atoms with Crippen LogP contribution in [0.15, 0.2) is 0 Å². The molecule has 0 N–H and O–H groups in total. The van der Waals surface area contributed by atoms with E-state index in [1.54, 1.807) is 4.90 Å². The molecule has 1 rings (SSSR count). The van der Waals surface area contributed by atoms with E-state index in [2.05, 4.69) is 0 Å². The fraction of sp³-hybridized carbons (Fsp3) is 0.857. The number of rotatable bonds is 1. The molecule has 0 aromatic heterocycles. The Morgan fingerprint density at radius 3 is 1.89 bits per heavy atom. The molecule has 0 saturated carbocycles. The Hall–Kier alpha value is -0.530. The SMILES string of the molecule is CC.O=CN1CCCC1. The molecule has 0 aromatic carbocycles. The van der Waals surface area contributed by atoms with Gasteiger partial charge in [0.05, 0.1) is 0 Å². The topological polar surface area (TPSA) is 20.3 Å². The van der Waals surface area contributed by atoms with E-state index in [1.807, 2.05) is 13.8 Å². The molecule has 54 valence electrons. The molecule has 1 heterocycles. The van der Waals surface area contributed by atoms with Crippen molar-refractivity contribution in [2.45, 2.75) is 26.7 Å². The maximum atomic E-state index is 9.93. The molecule has 0 radical (unpaired) electrons. The molecule has 9 heavy (non-hydrogen) atoms. The summed E-state index contributed by atoms with van der Waals surface area (Å²) in [6.45, 7) is 5.95. The van der Waals surface area contributed by atoms with Crippen LogP contribution < -0.4 is 0 Å². The highest BCUT2D eigenvalue weighted by Crippen LogP contribution is 2.02. The Labute approximate surface area is 56.9 Å². The third-order valence-electron chi connectivity index (χ3n) is 1.29. The van der Waals surface area contributed by atoms with Crippen LogP contribution >= 0.6 is 0 Å². The van der Waals surface area contributed by atoms with Gasteiger partial charge in [-0.05, 0) is 12.8 Å². The molecule has 1 aliphatic rings. The van der Waals surface area contributed by atoms with Crippen LogP contribution in [0.25, 0.3) is 0 Å². The third-order valence-corrected chi connectivity index (χ3v) is 1.29. The van der Waals surface area contributed by atoms with Crippen molar-refractivity contribution in [3.05, 3.63) is 0 Å². The minimum absolute atomic E-state index is 0.924. The Kier molecular flexibility index (Phi) is 5.27. The first-order chi connectivity index (χ1) is 4.43. The highest BCUT2D eigenvalue weighted by atomic mass is 16.1. The summed E-state index contributed by atoms with van der Waals surface area (Å²) >= 11 is 0. The first-order valence-electron chi connectivity index (χ1n) is 3.63. The molecule has 2 heteroatoms. The van der Waals surface area contributed by atoms with E-state index in [-0.39, 0.29) is 0 Å². The number of likely N-dealkylation sites (tertiary alicyclic amines) is 1. The summed E-state index contributed by atoms with van der Waals surface area (Å²) in [6.07, 6.45) is 3.31. The van der Waals surface area contributed by atoms with Gasteiger partial charge in [-0.1, -0.05) is 13.8 Å². The summed E-state index contributed by atoms with van der Waals surface area (Å²) in [5.74, 6) is 0. The van der Waals surface area contributed by atoms with Crippen LogP contribution in [0.5, 0.6) is 0 Å². The normalized spacial score (nSPS) is 16.4. The van der Waals surface area contributed by atoms with Crippen LogP contribution in [0.2, 0.25) is 0 Å². The molecule has 1 fully saturated rings. The maximum absolute atomic E-state index is 9.93. The lowest BCUT2D eigenvalue weighted by molar-refractivity contribution is -0.117.